The number of ether oxygens (including phenoxy) is 2. The Hall–Kier alpha value is -2.08. The molecule has 0 spiro atoms. The lowest BCUT2D eigenvalue weighted by Gasteiger charge is -2.32. The number of carboxylic acids is 1. The number of aliphatic hydroxyl groups excluding tert-OH is 1. The van der Waals surface area contributed by atoms with Gasteiger partial charge in [0.25, 0.3) is 0 Å². The third kappa shape index (κ3) is 5.59. The molecule has 2 aliphatic carbocycles. The molecule has 1 aromatic carbocycles. The van der Waals surface area contributed by atoms with Gasteiger partial charge in [-0.1, -0.05) is 32.9 Å². The number of carbonyl (C=O) groups excluding carboxylic acids is 1. The summed E-state index contributed by atoms with van der Waals surface area (Å²) in [6.07, 6.45) is 5.09. The van der Waals surface area contributed by atoms with Crippen LogP contribution in [-0.4, -0.2) is 41.0 Å². The number of esters is 1. The predicted octanol–water partition coefficient (Wildman–Crippen LogP) is 4.01. The van der Waals surface area contributed by atoms with E-state index < -0.39 is 5.97 Å². The molecule has 172 valence electrons. The Balaban J connectivity index is 1.80. The van der Waals surface area contributed by atoms with Crippen molar-refractivity contribution in [2.24, 2.45) is 23.7 Å². The second-order valence-electron chi connectivity index (χ2n) is 9.23. The van der Waals surface area contributed by atoms with Crippen molar-refractivity contribution in [3.8, 4) is 5.75 Å². The first-order chi connectivity index (χ1) is 14.8. The maximum absolute atomic E-state index is 12.5. The molecule has 0 aromatic heterocycles. The van der Waals surface area contributed by atoms with Crippen molar-refractivity contribution >= 4 is 11.9 Å². The highest BCUT2D eigenvalue weighted by Gasteiger charge is 2.47. The number of hydrogen-bond donors (Lipinski definition) is 2. The molecule has 6 heteroatoms. The fourth-order valence-corrected chi connectivity index (χ4v) is 5.21. The first-order valence-electron chi connectivity index (χ1n) is 11.7. The Kier molecular flexibility index (Phi) is 7.98. The number of hydrogen-bond acceptors (Lipinski definition) is 5. The fraction of sp³-hybridized carbons (Fsp3) is 0.680. The molecular formula is C25H36O6. The third-order valence-electron chi connectivity index (χ3n) is 7.26. The highest BCUT2D eigenvalue weighted by Crippen LogP contribution is 2.49. The summed E-state index contributed by atoms with van der Waals surface area (Å²) < 4.78 is 11.6. The van der Waals surface area contributed by atoms with Gasteiger partial charge in [0.1, 0.15) is 11.9 Å². The Morgan fingerprint density at radius 3 is 2.65 bits per heavy atom. The van der Waals surface area contributed by atoms with Crippen LogP contribution < -0.4 is 4.74 Å². The van der Waals surface area contributed by atoms with Gasteiger partial charge < -0.3 is 19.7 Å². The molecule has 2 N–H and O–H groups in total. The van der Waals surface area contributed by atoms with Crippen LogP contribution in [0.3, 0.4) is 0 Å². The normalized spacial score (nSPS) is 26.5. The topological polar surface area (TPSA) is 93.1 Å². The van der Waals surface area contributed by atoms with Crippen LogP contribution in [0.1, 0.15) is 64.0 Å². The highest BCUT2D eigenvalue weighted by atomic mass is 16.5. The van der Waals surface area contributed by atoms with E-state index >= 15 is 0 Å². The lowest BCUT2D eigenvalue weighted by atomic mass is 9.73. The van der Waals surface area contributed by atoms with Crippen molar-refractivity contribution in [1.82, 2.24) is 0 Å². The third-order valence-corrected chi connectivity index (χ3v) is 7.26. The van der Waals surface area contributed by atoms with Crippen LogP contribution in [0.15, 0.2) is 18.2 Å². The van der Waals surface area contributed by atoms with E-state index in [2.05, 4.69) is 6.07 Å². The minimum atomic E-state index is -0.987. The maximum Gasteiger partial charge on any atom is 0.341 e. The van der Waals surface area contributed by atoms with Crippen LogP contribution in [0.5, 0.6) is 5.75 Å². The van der Waals surface area contributed by atoms with E-state index in [-0.39, 0.29) is 36.6 Å². The minimum absolute atomic E-state index is 0.113. The van der Waals surface area contributed by atoms with E-state index in [4.69, 9.17) is 14.6 Å². The Morgan fingerprint density at radius 2 is 1.97 bits per heavy atom. The number of fused-ring (bicyclic) bond motifs is 2. The number of aliphatic hydroxyl groups is 1. The number of aliphatic carboxylic acids is 1. The van der Waals surface area contributed by atoms with Gasteiger partial charge in [-0.2, -0.15) is 0 Å². The maximum atomic E-state index is 12.5. The van der Waals surface area contributed by atoms with Crippen LogP contribution in [-0.2, 0) is 27.2 Å². The quantitative estimate of drug-likeness (QED) is 0.543. The monoisotopic (exact) mass is 432 g/mol. The van der Waals surface area contributed by atoms with Gasteiger partial charge in [-0.15, -0.1) is 0 Å². The lowest BCUT2D eigenvalue weighted by molar-refractivity contribution is -0.156. The van der Waals surface area contributed by atoms with Crippen molar-refractivity contribution in [2.45, 2.75) is 77.9 Å². The smallest absolute Gasteiger partial charge is 0.341 e. The molecule has 0 amide bonds. The summed E-state index contributed by atoms with van der Waals surface area (Å²) in [5.41, 5.74) is 2.28. The summed E-state index contributed by atoms with van der Waals surface area (Å²) in [5, 5.41) is 19.1. The summed E-state index contributed by atoms with van der Waals surface area (Å²) in [6.45, 7) is 5.53. The molecule has 0 aliphatic heterocycles. The van der Waals surface area contributed by atoms with Crippen LogP contribution in [0, 0.1) is 23.7 Å². The van der Waals surface area contributed by atoms with Crippen molar-refractivity contribution in [1.29, 1.82) is 0 Å². The van der Waals surface area contributed by atoms with E-state index in [1.807, 2.05) is 32.9 Å². The molecule has 0 radical (unpaired) electrons. The zero-order chi connectivity index (χ0) is 22.5. The van der Waals surface area contributed by atoms with Gasteiger partial charge >= 0.3 is 11.9 Å². The van der Waals surface area contributed by atoms with E-state index in [0.29, 0.717) is 17.6 Å². The molecule has 0 unspecified atom stereocenters. The molecular weight excluding hydrogens is 396 g/mol. The van der Waals surface area contributed by atoms with Crippen LogP contribution >= 0.6 is 0 Å². The molecule has 0 bridgehead atoms. The van der Waals surface area contributed by atoms with Crippen molar-refractivity contribution in [3.63, 3.8) is 0 Å². The molecule has 1 fully saturated rings. The second kappa shape index (κ2) is 10.5. The van der Waals surface area contributed by atoms with Gasteiger partial charge in [0.05, 0.1) is 12.0 Å². The van der Waals surface area contributed by atoms with Gasteiger partial charge in [0, 0.05) is 0 Å². The van der Waals surface area contributed by atoms with Crippen molar-refractivity contribution < 1.29 is 29.3 Å². The average Bonchev–Trinajstić information content (AvgIpc) is 3.09. The molecule has 3 rings (SSSR count). The number of carboxylic acid groups (broad SMARTS) is 1. The Morgan fingerprint density at radius 1 is 1.19 bits per heavy atom. The number of carbonyl (C=O) groups is 2. The first kappa shape index (κ1) is 23.6. The Labute approximate surface area is 184 Å². The SMILES string of the molecule is CC[C@H](O)CC[C@@H]1[C@H]2Cc3cccc(OCC(=O)O)c3C[C@H]2C[C@H]1OC(=O)[C@@H](C)CC. The summed E-state index contributed by atoms with van der Waals surface area (Å²) in [7, 11) is 0. The average molecular weight is 433 g/mol. The summed E-state index contributed by atoms with van der Waals surface area (Å²) in [6, 6.07) is 5.85. The minimum Gasteiger partial charge on any atom is -0.482 e. The zero-order valence-electron chi connectivity index (χ0n) is 18.9. The molecule has 0 heterocycles. The molecule has 31 heavy (non-hydrogen) atoms. The second-order valence-corrected chi connectivity index (χ2v) is 9.23. The predicted molar refractivity (Wildman–Crippen MR) is 117 cm³/mol. The molecule has 2 aliphatic rings. The van der Waals surface area contributed by atoms with Gasteiger partial charge in [-0.25, -0.2) is 4.79 Å². The summed E-state index contributed by atoms with van der Waals surface area (Å²) >= 11 is 0. The molecule has 1 saturated carbocycles. The Bertz CT molecular complexity index is 775. The lowest BCUT2D eigenvalue weighted by Crippen LogP contribution is -2.30. The van der Waals surface area contributed by atoms with Crippen molar-refractivity contribution in [2.75, 3.05) is 6.61 Å². The fourth-order valence-electron chi connectivity index (χ4n) is 5.21. The van der Waals surface area contributed by atoms with E-state index in [9.17, 15) is 14.7 Å². The molecule has 1 aromatic rings. The van der Waals surface area contributed by atoms with Gasteiger partial charge in [0.2, 0.25) is 0 Å². The van der Waals surface area contributed by atoms with Gasteiger partial charge in [-0.3, -0.25) is 4.79 Å². The molecule has 6 atom stereocenters. The summed E-state index contributed by atoms with van der Waals surface area (Å²) in [5.74, 6) is 0.403. The number of rotatable bonds is 10. The number of benzene rings is 1. The van der Waals surface area contributed by atoms with Gasteiger partial charge in [0.15, 0.2) is 6.61 Å². The standard InChI is InChI=1S/C25H36O6/c1-4-15(3)25(29)31-23-13-17-12-21-16(7-6-8-22(21)30-14-24(27)28)11-20(17)19(23)10-9-18(26)5-2/h6-8,15,17-20,23,26H,4-5,9-14H2,1-3H3,(H,27,28)/t15-,17-,18-,19+,20-,23+/m0/s1. The zero-order valence-corrected chi connectivity index (χ0v) is 18.9. The molecule has 0 saturated heterocycles. The summed E-state index contributed by atoms with van der Waals surface area (Å²) in [4.78, 5) is 23.5. The van der Waals surface area contributed by atoms with E-state index in [1.54, 1.807) is 0 Å². The highest BCUT2D eigenvalue weighted by molar-refractivity contribution is 5.72. The van der Waals surface area contributed by atoms with Crippen molar-refractivity contribution in [3.05, 3.63) is 29.3 Å². The largest absolute Gasteiger partial charge is 0.482 e. The van der Waals surface area contributed by atoms with Crippen LogP contribution in [0.25, 0.3) is 0 Å². The van der Waals surface area contributed by atoms with Crippen LogP contribution in [0.4, 0.5) is 0 Å². The van der Waals surface area contributed by atoms with Crippen LogP contribution in [0.2, 0.25) is 0 Å². The van der Waals surface area contributed by atoms with E-state index in [0.717, 1.165) is 50.5 Å². The van der Waals surface area contributed by atoms with E-state index in [1.165, 1.54) is 5.56 Å². The first-order valence-corrected chi connectivity index (χ1v) is 11.7. The van der Waals surface area contributed by atoms with Gasteiger partial charge in [-0.05, 0) is 79.9 Å². The molecule has 6 nitrogen and oxygen atoms in total.